The highest BCUT2D eigenvalue weighted by atomic mass is 16.2. The molecule has 0 aromatic heterocycles. The molecule has 3 nitrogen and oxygen atoms in total. The maximum atomic E-state index is 11.7. The lowest BCUT2D eigenvalue weighted by atomic mass is 9.66. The summed E-state index contributed by atoms with van der Waals surface area (Å²) in [4.78, 5) is 22.6. The second kappa shape index (κ2) is 3.82. The van der Waals surface area contributed by atoms with E-state index in [1.807, 2.05) is 0 Å². The highest BCUT2D eigenvalue weighted by Crippen LogP contribution is 2.68. The van der Waals surface area contributed by atoms with E-state index in [0.717, 1.165) is 12.3 Å². The molecule has 2 aliphatic carbocycles. The van der Waals surface area contributed by atoms with Crippen LogP contribution < -0.4 is 5.32 Å². The van der Waals surface area contributed by atoms with Gasteiger partial charge in [-0.15, -0.1) is 0 Å². The Morgan fingerprint density at radius 2 is 1.94 bits per heavy atom. The zero-order chi connectivity index (χ0) is 12.8. The van der Waals surface area contributed by atoms with Crippen molar-refractivity contribution in [2.24, 2.45) is 22.7 Å². The normalized spacial score (nSPS) is 38.1. The molecule has 2 fully saturated rings. The van der Waals surface area contributed by atoms with Gasteiger partial charge in [-0.3, -0.25) is 14.9 Å². The van der Waals surface area contributed by atoms with Gasteiger partial charge in [0.15, 0.2) is 0 Å². The maximum absolute atomic E-state index is 11.7. The van der Waals surface area contributed by atoms with Crippen LogP contribution in [0, 0.1) is 22.7 Å². The van der Waals surface area contributed by atoms with Gasteiger partial charge in [-0.05, 0) is 41.9 Å². The molecule has 2 bridgehead atoms. The van der Waals surface area contributed by atoms with Crippen LogP contribution in [0.5, 0.6) is 0 Å². The van der Waals surface area contributed by atoms with Gasteiger partial charge in [-0.1, -0.05) is 20.8 Å². The summed E-state index contributed by atoms with van der Waals surface area (Å²) in [5.41, 5.74) is 0.611. The molecule has 2 amide bonds. The highest BCUT2D eigenvalue weighted by molar-refractivity contribution is 5.94. The third-order valence-corrected chi connectivity index (χ3v) is 5.72. The van der Waals surface area contributed by atoms with Crippen LogP contribution in [0.3, 0.4) is 0 Å². The highest BCUT2D eigenvalue weighted by Gasteiger charge is 2.61. The molecule has 2 rings (SSSR count). The number of carbonyl (C=O) groups is 2. The van der Waals surface area contributed by atoms with E-state index in [1.165, 1.54) is 19.8 Å². The van der Waals surface area contributed by atoms with E-state index in [-0.39, 0.29) is 17.2 Å². The summed E-state index contributed by atoms with van der Waals surface area (Å²) in [5.74, 6) is 0.841. The molecule has 0 saturated heterocycles. The van der Waals surface area contributed by atoms with Gasteiger partial charge in [0.2, 0.25) is 11.8 Å². The molecule has 2 saturated carbocycles. The molecule has 96 valence electrons. The van der Waals surface area contributed by atoms with Crippen LogP contribution in [-0.2, 0) is 9.59 Å². The molecule has 3 unspecified atom stereocenters. The molecule has 0 aliphatic heterocycles. The smallest absolute Gasteiger partial charge is 0.226 e. The summed E-state index contributed by atoms with van der Waals surface area (Å²) in [7, 11) is 0. The number of fused-ring (bicyclic) bond motifs is 2. The Morgan fingerprint density at radius 1 is 1.29 bits per heavy atom. The topological polar surface area (TPSA) is 46.2 Å². The average molecular weight is 237 g/mol. The summed E-state index contributed by atoms with van der Waals surface area (Å²) in [5, 5.41) is 2.40. The maximum Gasteiger partial charge on any atom is 0.226 e. The largest absolute Gasteiger partial charge is 0.297 e. The van der Waals surface area contributed by atoms with Crippen molar-refractivity contribution in [1.82, 2.24) is 5.32 Å². The Labute approximate surface area is 103 Å². The molecule has 0 aromatic carbocycles. The van der Waals surface area contributed by atoms with Crippen molar-refractivity contribution in [3.05, 3.63) is 0 Å². The standard InChI is InChI=1S/C14H23NO2/c1-9(16)15-12(17)8-11-7-10-5-6-14(11,4)13(10,2)3/h10-11H,5-8H2,1-4H3,(H,15,16,17). The molecular formula is C14H23NO2. The third kappa shape index (κ3) is 1.80. The van der Waals surface area contributed by atoms with Gasteiger partial charge in [0.05, 0.1) is 0 Å². The lowest BCUT2D eigenvalue weighted by Crippen LogP contribution is -2.36. The second-order valence-corrected chi connectivity index (χ2v) is 6.62. The lowest BCUT2D eigenvalue weighted by molar-refractivity contribution is -0.130. The minimum absolute atomic E-state index is 0.105. The van der Waals surface area contributed by atoms with Gasteiger partial charge in [-0.25, -0.2) is 0 Å². The number of hydrogen-bond acceptors (Lipinski definition) is 2. The Kier molecular flexibility index (Phi) is 2.83. The quantitative estimate of drug-likeness (QED) is 0.802. The van der Waals surface area contributed by atoms with Crippen molar-refractivity contribution < 1.29 is 9.59 Å². The number of hydrogen-bond donors (Lipinski definition) is 1. The van der Waals surface area contributed by atoms with Gasteiger partial charge in [-0.2, -0.15) is 0 Å². The van der Waals surface area contributed by atoms with Crippen LogP contribution in [0.25, 0.3) is 0 Å². The predicted molar refractivity (Wildman–Crippen MR) is 66.2 cm³/mol. The van der Waals surface area contributed by atoms with Gasteiger partial charge < -0.3 is 0 Å². The molecule has 17 heavy (non-hydrogen) atoms. The summed E-state index contributed by atoms with van der Waals surface area (Å²) < 4.78 is 0. The molecule has 0 spiro atoms. The van der Waals surface area contributed by atoms with Crippen molar-refractivity contribution in [3.63, 3.8) is 0 Å². The number of carbonyl (C=O) groups excluding carboxylic acids is 2. The fourth-order valence-electron chi connectivity index (χ4n) is 4.15. The number of rotatable bonds is 2. The van der Waals surface area contributed by atoms with Crippen LogP contribution >= 0.6 is 0 Å². The lowest BCUT2D eigenvalue weighted by Gasteiger charge is -2.39. The van der Waals surface area contributed by atoms with E-state index in [4.69, 9.17) is 0 Å². The Balaban J connectivity index is 2.06. The predicted octanol–water partition coefficient (Wildman–Crippen LogP) is 2.50. The molecule has 0 aromatic rings. The van der Waals surface area contributed by atoms with E-state index in [0.29, 0.717) is 17.8 Å². The van der Waals surface area contributed by atoms with Crippen LogP contribution in [0.2, 0.25) is 0 Å². The van der Waals surface area contributed by atoms with E-state index in [2.05, 4.69) is 26.1 Å². The van der Waals surface area contributed by atoms with Crippen molar-refractivity contribution in [2.45, 2.75) is 53.4 Å². The van der Waals surface area contributed by atoms with Crippen LogP contribution in [0.15, 0.2) is 0 Å². The third-order valence-electron chi connectivity index (χ3n) is 5.72. The van der Waals surface area contributed by atoms with E-state index in [1.54, 1.807) is 0 Å². The molecule has 0 radical (unpaired) electrons. The minimum Gasteiger partial charge on any atom is -0.297 e. The first-order valence-electron chi connectivity index (χ1n) is 6.58. The molecule has 0 heterocycles. The Bertz CT molecular complexity index is 361. The van der Waals surface area contributed by atoms with Gasteiger partial charge in [0.1, 0.15) is 0 Å². The van der Waals surface area contributed by atoms with Crippen molar-refractivity contribution in [2.75, 3.05) is 0 Å². The number of nitrogens with one attached hydrogen (secondary N) is 1. The first kappa shape index (κ1) is 12.6. The molecule has 2 aliphatic rings. The molecular weight excluding hydrogens is 214 g/mol. The number of imide groups is 1. The first-order chi connectivity index (χ1) is 7.77. The summed E-state index contributed by atoms with van der Waals surface area (Å²) in [6.07, 6.45) is 4.18. The first-order valence-corrected chi connectivity index (χ1v) is 6.58. The fourth-order valence-corrected chi connectivity index (χ4v) is 4.15. The fraction of sp³-hybridized carbons (Fsp3) is 0.857. The van der Waals surface area contributed by atoms with E-state index >= 15 is 0 Å². The van der Waals surface area contributed by atoms with Crippen LogP contribution in [0.1, 0.15) is 53.4 Å². The Morgan fingerprint density at radius 3 is 2.35 bits per heavy atom. The van der Waals surface area contributed by atoms with Crippen LogP contribution in [-0.4, -0.2) is 11.8 Å². The molecule has 3 heteroatoms. The van der Waals surface area contributed by atoms with E-state index in [9.17, 15) is 9.59 Å². The molecule has 3 atom stereocenters. The van der Waals surface area contributed by atoms with Gasteiger partial charge >= 0.3 is 0 Å². The monoisotopic (exact) mass is 237 g/mol. The number of amides is 2. The van der Waals surface area contributed by atoms with Crippen molar-refractivity contribution in [1.29, 1.82) is 0 Å². The van der Waals surface area contributed by atoms with Gasteiger partial charge in [0, 0.05) is 13.3 Å². The summed E-state index contributed by atoms with van der Waals surface area (Å²) in [6.45, 7) is 8.40. The minimum atomic E-state index is -0.248. The average Bonchev–Trinajstić information content (AvgIpc) is 2.49. The summed E-state index contributed by atoms with van der Waals surface area (Å²) >= 11 is 0. The van der Waals surface area contributed by atoms with E-state index < -0.39 is 0 Å². The van der Waals surface area contributed by atoms with Gasteiger partial charge in [0.25, 0.3) is 0 Å². The zero-order valence-electron chi connectivity index (χ0n) is 11.3. The zero-order valence-corrected chi connectivity index (χ0v) is 11.3. The SMILES string of the molecule is CC(=O)NC(=O)CC1CC2CCC1(C)C2(C)C. The van der Waals surface area contributed by atoms with Crippen LogP contribution in [0.4, 0.5) is 0 Å². The molecule has 1 N–H and O–H groups in total. The second-order valence-electron chi connectivity index (χ2n) is 6.62. The summed E-state index contributed by atoms with van der Waals surface area (Å²) in [6, 6.07) is 0. The van der Waals surface area contributed by atoms with Crippen molar-refractivity contribution in [3.8, 4) is 0 Å². The van der Waals surface area contributed by atoms with Crippen molar-refractivity contribution >= 4 is 11.8 Å². The Hall–Kier alpha value is -0.860.